The number of hydrogen-bond donors (Lipinski definition) is 0. The molecule has 184 valence electrons. The van der Waals surface area contributed by atoms with Gasteiger partial charge in [-0.1, -0.05) is 24.3 Å². The smallest absolute Gasteiger partial charge is 0.240 e. The molecule has 9 heteroatoms. The molecule has 0 aromatic heterocycles. The number of imide groups is 1. The van der Waals surface area contributed by atoms with Gasteiger partial charge in [0.1, 0.15) is 11.8 Å². The largest absolute Gasteiger partial charge is 0.497 e. The van der Waals surface area contributed by atoms with Crippen LogP contribution < -0.4 is 19.1 Å². The molecule has 2 fully saturated rings. The van der Waals surface area contributed by atoms with Crippen LogP contribution in [0.15, 0.2) is 71.8 Å². The number of hydrazone groups is 1. The average molecular weight is 495 g/mol. The highest BCUT2D eigenvalue weighted by molar-refractivity contribution is 6.24. The number of anilines is 1. The lowest BCUT2D eigenvalue weighted by Crippen LogP contribution is -2.44. The third-order valence-electron chi connectivity index (χ3n) is 7.55. The van der Waals surface area contributed by atoms with Crippen molar-refractivity contribution >= 4 is 29.5 Å². The monoisotopic (exact) mass is 495 g/mol. The Morgan fingerprint density at radius 2 is 1.70 bits per heavy atom. The van der Waals surface area contributed by atoms with Gasteiger partial charge in [0.15, 0.2) is 17.3 Å². The van der Waals surface area contributed by atoms with E-state index in [0.717, 1.165) is 11.1 Å². The van der Waals surface area contributed by atoms with Gasteiger partial charge >= 0.3 is 0 Å². The Hall–Kier alpha value is -4.66. The van der Waals surface area contributed by atoms with Gasteiger partial charge in [0.05, 0.1) is 36.9 Å². The van der Waals surface area contributed by atoms with Crippen LogP contribution in [0.1, 0.15) is 27.5 Å². The second-order valence-electron chi connectivity index (χ2n) is 9.34. The molecular weight excluding hydrogens is 474 g/mol. The molecule has 9 nitrogen and oxygen atoms in total. The lowest BCUT2D eigenvalue weighted by atomic mass is 9.83. The highest BCUT2D eigenvalue weighted by Crippen LogP contribution is 2.53. The van der Waals surface area contributed by atoms with Crippen LogP contribution in [0.3, 0.4) is 0 Å². The molecule has 3 aromatic carbocycles. The number of Topliss-reactive ketones (excluding diaryl/α,β-unsaturated/α-hetero) is 1. The molecule has 2 saturated heterocycles. The van der Waals surface area contributed by atoms with Crippen LogP contribution in [0, 0.1) is 11.8 Å². The molecule has 0 N–H and O–H groups in total. The molecule has 7 rings (SSSR count). The molecular formula is C28H21N3O6. The summed E-state index contributed by atoms with van der Waals surface area (Å²) >= 11 is 0. The predicted octanol–water partition coefficient (Wildman–Crippen LogP) is 3.19. The minimum atomic E-state index is -0.941. The minimum absolute atomic E-state index is 0.0796. The number of carbonyl (C=O) groups excluding carboxylic acids is 3. The fourth-order valence-corrected chi connectivity index (χ4v) is 5.87. The van der Waals surface area contributed by atoms with Gasteiger partial charge in [-0.3, -0.25) is 19.4 Å². The number of rotatable bonds is 4. The molecule has 0 bridgehead atoms. The maximum atomic E-state index is 14.0. The quantitative estimate of drug-likeness (QED) is 0.405. The normalized spacial score (nSPS) is 24.7. The number of amides is 2. The zero-order valence-electron chi connectivity index (χ0n) is 19.7. The summed E-state index contributed by atoms with van der Waals surface area (Å²) in [6.07, 6.45) is 1.69. The van der Waals surface area contributed by atoms with Crippen molar-refractivity contribution in [3.8, 4) is 17.2 Å². The topological polar surface area (TPSA) is 97.7 Å². The summed E-state index contributed by atoms with van der Waals surface area (Å²) in [5.41, 5.74) is 2.54. The average Bonchev–Trinajstić information content (AvgIpc) is 3.61. The molecule has 0 aliphatic carbocycles. The summed E-state index contributed by atoms with van der Waals surface area (Å²) in [6, 6.07) is 17.9. The number of nitrogens with zero attached hydrogens (tertiary/aromatic N) is 3. The van der Waals surface area contributed by atoms with Gasteiger partial charge in [-0.15, -0.1) is 0 Å². The molecule has 0 radical (unpaired) electrons. The van der Waals surface area contributed by atoms with Crippen LogP contribution in [0.5, 0.6) is 17.2 Å². The Labute approximate surface area is 211 Å². The van der Waals surface area contributed by atoms with E-state index in [4.69, 9.17) is 14.2 Å². The third-order valence-corrected chi connectivity index (χ3v) is 7.55. The number of ether oxygens (including phenoxy) is 3. The summed E-state index contributed by atoms with van der Waals surface area (Å²) in [7, 11) is 1.55. The van der Waals surface area contributed by atoms with Crippen molar-refractivity contribution in [1.82, 2.24) is 5.01 Å². The molecule has 4 atom stereocenters. The summed E-state index contributed by atoms with van der Waals surface area (Å²) in [5, 5.41) is 6.24. The van der Waals surface area contributed by atoms with Crippen LogP contribution in [0.4, 0.5) is 5.69 Å². The number of hydrogen-bond acceptors (Lipinski definition) is 8. The number of benzene rings is 3. The number of methoxy groups -OCH3 is 1. The zero-order valence-corrected chi connectivity index (χ0v) is 19.7. The zero-order chi connectivity index (χ0) is 25.3. The first-order chi connectivity index (χ1) is 18.1. The van der Waals surface area contributed by atoms with Gasteiger partial charge in [0, 0.05) is 11.6 Å². The van der Waals surface area contributed by atoms with Gasteiger partial charge < -0.3 is 14.2 Å². The maximum Gasteiger partial charge on any atom is 0.240 e. The van der Waals surface area contributed by atoms with E-state index >= 15 is 0 Å². The van der Waals surface area contributed by atoms with Crippen molar-refractivity contribution in [1.29, 1.82) is 0 Å². The molecule has 2 amide bonds. The first-order valence-corrected chi connectivity index (χ1v) is 11.9. The highest BCUT2D eigenvalue weighted by atomic mass is 16.7. The second-order valence-corrected chi connectivity index (χ2v) is 9.34. The van der Waals surface area contributed by atoms with Crippen molar-refractivity contribution in [2.75, 3.05) is 18.8 Å². The first-order valence-electron chi connectivity index (χ1n) is 11.9. The van der Waals surface area contributed by atoms with Crippen LogP contribution in [0.25, 0.3) is 0 Å². The van der Waals surface area contributed by atoms with E-state index in [9.17, 15) is 14.4 Å². The summed E-state index contributed by atoms with van der Waals surface area (Å²) in [4.78, 5) is 43.1. The minimum Gasteiger partial charge on any atom is -0.497 e. The fourth-order valence-electron chi connectivity index (χ4n) is 5.87. The van der Waals surface area contributed by atoms with Crippen molar-refractivity contribution < 1.29 is 28.6 Å². The van der Waals surface area contributed by atoms with Gasteiger partial charge in [0.25, 0.3) is 0 Å². The van der Waals surface area contributed by atoms with Crippen LogP contribution >= 0.6 is 0 Å². The predicted molar refractivity (Wildman–Crippen MR) is 132 cm³/mol. The Balaban J connectivity index is 1.34. The van der Waals surface area contributed by atoms with Crippen molar-refractivity contribution in [2.45, 2.75) is 12.1 Å². The maximum absolute atomic E-state index is 14.0. The molecule has 4 heterocycles. The van der Waals surface area contributed by atoms with Gasteiger partial charge in [-0.2, -0.15) is 5.10 Å². The van der Waals surface area contributed by atoms with E-state index in [1.165, 1.54) is 4.90 Å². The van der Waals surface area contributed by atoms with Crippen LogP contribution in [-0.2, 0) is 9.59 Å². The highest BCUT2D eigenvalue weighted by Gasteiger charge is 2.65. The number of fused-ring (bicyclic) bond motifs is 6. The SMILES string of the molecule is COc1ccc(C(=O)[C@@H]2[C@@H]3C(=O)N(c4ccc5c(c4)OCO5)C(=O)[C@H]3[C@H]3c4ccccc4C=NN23)cc1. The molecule has 3 aromatic rings. The Morgan fingerprint density at radius 1 is 0.946 bits per heavy atom. The van der Waals surface area contributed by atoms with Crippen molar-refractivity contribution in [3.05, 3.63) is 83.4 Å². The Morgan fingerprint density at radius 3 is 2.51 bits per heavy atom. The molecule has 4 aliphatic heterocycles. The second kappa shape index (κ2) is 7.92. The van der Waals surface area contributed by atoms with Crippen LogP contribution in [-0.4, -0.2) is 48.8 Å². The first kappa shape index (κ1) is 21.6. The third kappa shape index (κ3) is 3.03. The Kier molecular flexibility index (Phi) is 4.63. The van der Waals surface area contributed by atoms with E-state index in [-0.39, 0.29) is 18.5 Å². The number of carbonyl (C=O) groups is 3. The Bertz CT molecular complexity index is 1500. The van der Waals surface area contributed by atoms with E-state index in [1.807, 2.05) is 24.3 Å². The summed E-state index contributed by atoms with van der Waals surface area (Å²) in [5.74, 6) is -1.10. The fraction of sp³-hybridized carbons (Fsp3) is 0.214. The molecule has 4 aliphatic rings. The van der Waals surface area contributed by atoms with Gasteiger partial charge in [0.2, 0.25) is 18.6 Å². The lowest BCUT2D eigenvalue weighted by molar-refractivity contribution is -0.124. The van der Waals surface area contributed by atoms with Crippen molar-refractivity contribution in [2.24, 2.45) is 16.9 Å². The van der Waals surface area contributed by atoms with Crippen LogP contribution in [0.2, 0.25) is 0 Å². The molecule has 37 heavy (non-hydrogen) atoms. The lowest BCUT2D eigenvalue weighted by Gasteiger charge is -2.33. The standard InChI is InChI=1S/C28H21N3O6/c1-35-18-9-6-15(7-10-18)26(32)25-23-22(24-19-5-3-2-4-16(19)13-29-31(24)25)27(33)30(28(23)34)17-8-11-20-21(12-17)37-14-36-20/h2-13,22-25H,14H2,1H3/t22-,23-,24-,25+/m1/s1. The molecule has 0 unspecified atom stereocenters. The van der Waals surface area contributed by atoms with E-state index in [1.54, 1.807) is 60.8 Å². The van der Waals surface area contributed by atoms with Gasteiger partial charge in [-0.25, -0.2) is 4.90 Å². The van der Waals surface area contributed by atoms with Crippen molar-refractivity contribution in [3.63, 3.8) is 0 Å². The summed E-state index contributed by atoms with van der Waals surface area (Å²) < 4.78 is 16.1. The van der Waals surface area contributed by atoms with E-state index < -0.39 is 29.8 Å². The molecule has 0 saturated carbocycles. The van der Waals surface area contributed by atoms with Gasteiger partial charge in [-0.05, 0) is 47.5 Å². The molecule has 0 spiro atoms. The number of ketones is 1. The van der Waals surface area contributed by atoms with E-state index in [0.29, 0.717) is 28.5 Å². The van der Waals surface area contributed by atoms with E-state index in [2.05, 4.69) is 5.10 Å². The summed E-state index contributed by atoms with van der Waals surface area (Å²) in [6.45, 7) is 0.0796.